The lowest BCUT2D eigenvalue weighted by Gasteiger charge is -1.98. The molecule has 16 heavy (non-hydrogen) atoms. The van der Waals surface area contributed by atoms with Crippen LogP contribution in [0.25, 0.3) is 0 Å². The minimum atomic E-state index is -0.0649. The molecule has 5 heteroatoms. The van der Waals surface area contributed by atoms with Crippen LogP contribution in [-0.2, 0) is 0 Å². The standard InChI is InChI=1S/C11H7BrClNOS/c12-11-8(13)5-9(16-11)10(15)6-2-1-3-7(14)4-6/h1-5H,14H2. The second-order valence-electron chi connectivity index (χ2n) is 3.19. The summed E-state index contributed by atoms with van der Waals surface area (Å²) in [4.78, 5) is 12.6. The molecular weight excluding hydrogens is 310 g/mol. The third kappa shape index (κ3) is 2.29. The van der Waals surface area contributed by atoms with Crippen molar-refractivity contribution in [1.29, 1.82) is 0 Å². The summed E-state index contributed by atoms with van der Waals surface area (Å²) < 4.78 is 0.765. The normalized spacial score (nSPS) is 10.4. The highest BCUT2D eigenvalue weighted by molar-refractivity contribution is 9.11. The van der Waals surface area contributed by atoms with Gasteiger partial charge < -0.3 is 5.73 Å². The van der Waals surface area contributed by atoms with E-state index >= 15 is 0 Å². The first kappa shape index (κ1) is 11.6. The van der Waals surface area contributed by atoms with Crippen LogP contribution in [0.4, 0.5) is 5.69 Å². The first-order chi connectivity index (χ1) is 7.58. The molecule has 0 atom stereocenters. The first-order valence-corrected chi connectivity index (χ1v) is 6.42. The van der Waals surface area contributed by atoms with Gasteiger partial charge in [0.25, 0.3) is 0 Å². The van der Waals surface area contributed by atoms with Crippen LogP contribution in [0.15, 0.2) is 34.1 Å². The Hall–Kier alpha value is -0.840. The molecule has 0 spiro atoms. The zero-order chi connectivity index (χ0) is 11.7. The average molecular weight is 317 g/mol. The molecule has 0 saturated heterocycles. The van der Waals surface area contributed by atoms with Gasteiger partial charge in [0, 0.05) is 11.3 Å². The summed E-state index contributed by atoms with van der Waals surface area (Å²) in [5, 5.41) is 0.553. The Morgan fingerprint density at radius 3 is 2.69 bits per heavy atom. The zero-order valence-corrected chi connectivity index (χ0v) is 11.2. The van der Waals surface area contributed by atoms with Gasteiger partial charge in [-0.15, -0.1) is 11.3 Å². The summed E-state index contributed by atoms with van der Waals surface area (Å²) in [6.45, 7) is 0. The number of carbonyl (C=O) groups is 1. The molecular formula is C11H7BrClNOS. The minimum Gasteiger partial charge on any atom is -0.399 e. The highest BCUT2D eigenvalue weighted by Gasteiger charge is 2.14. The molecule has 0 radical (unpaired) electrons. The number of ketones is 1. The minimum absolute atomic E-state index is 0.0649. The number of halogens is 2. The largest absolute Gasteiger partial charge is 0.399 e. The molecule has 0 aliphatic rings. The van der Waals surface area contributed by atoms with E-state index in [2.05, 4.69) is 15.9 Å². The molecule has 0 unspecified atom stereocenters. The Balaban J connectivity index is 2.39. The summed E-state index contributed by atoms with van der Waals surface area (Å²) in [6.07, 6.45) is 0. The number of thiophene rings is 1. The molecule has 0 aliphatic carbocycles. The number of nitrogens with two attached hydrogens (primary N) is 1. The topological polar surface area (TPSA) is 43.1 Å². The van der Waals surface area contributed by atoms with Crippen molar-refractivity contribution < 1.29 is 4.79 Å². The van der Waals surface area contributed by atoms with Gasteiger partial charge in [-0.2, -0.15) is 0 Å². The highest BCUT2D eigenvalue weighted by Crippen LogP contribution is 2.33. The Morgan fingerprint density at radius 1 is 1.38 bits per heavy atom. The molecule has 1 heterocycles. The lowest BCUT2D eigenvalue weighted by molar-refractivity contribution is 0.104. The molecule has 2 rings (SSSR count). The second kappa shape index (κ2) is 4.57. The first-order valence-electron chi connectivity index (χ1n) is 4.43. The van der Waals surface area contributed by atoms with Crippen molar-refractivity contribution in [2.24, 2.45) is 0 Å². The zero-order valence-electron chi connectivity index (χ0n) is 8.04. The van der Waals surface area contributed by atoms with E-state index in [4.69, 9.17) is 17.3 Å². The van der Waals surface area contributed by atoms with Gasteiger partial charge in [0.2, 0.25) is 5.78 Å². The van der Waals surface area contributed by atoms with Crippen LogP contribution >= 0.6 is 38.9 Å². The highest BCUT2D eigenvalue weighted by atomic mass is 79.9. The van der Waals surface area contributed by atoms with Crippen molar-refractivity contribution in [2.75, 3.05) is 5.73 Å². The van der Waals surface area contributed by atoms with Crippen LogP contribution in [0, 0.1) is 0 Å². The van der Waals surface area contributed by atoms with Crippen LogP contribution in [0.3, 0.4) is 0 Å². The van der Waals surface area contributed by atoms with Gasteiger partial charge in [0.1, 0.15) is 0 Å². The van der Waals surface area contributed by atoms with Crippen molar-refractivity contribution in [1.82, 2.24) is 0 Å². The summed E-state index contributed by atoms with van der Waals surface area (Å²) in [5.74, 6) is -0.0649. The molecule has 82 valence electrons. The van der Waals surface area contributed by atoms with Gasteiger partial charge >= 0.3 is 0 Å². The third-order valence-corrected chi connectivity index (χ3v) is 4.49. The predicted octanol–water partition coefficient (Wildman–Crippen LogP) is 3.98. The molecule has 1 aromatic carbocycles. The van der Waals surface area contributed by atoms with E-state index in [1.807, 2.05) is 0 Å². The van der Waals surface area contributed by atoms with E-state index in [-0.39, 0.29) is 5.78 Å². The molecule has 0 amide bonds. The lowest BCUT2D eigenvalue weighted by Crippen LogP contribution is -1.99. The van der Waals surface area contributed by atoms with E-state index < -0.39 is 0 Å². The monoisotopic (exact) mass is 315 g/mol. The van der Waals surface area contributed by atoms with Crippen molar-refractivity contribution in [3.05, 3.63) is 49.6 Å². The van der Waals surface area contributed by atoms with E-state index in [1.54, 1.807) is 30.3 Å². The van der Waals surface area contributed by atoms with Crippen molar-refractivity contribution >= 4 is 50.3 Å². The Kier molecular flexibility index (Phi) is 3.33. The number of hydrogen-bond acceptors (Lipinski definition) is 3. The number of benzene rings is 1. The van der Waals surface area contributed by atoms with E-state index in [1.165, 1.54) is 11.3 Å². The molecule has 2 N–H and O–H groups in total. The molecule has 2 aromatic rings. The number of carbonyl (C=O) groups excluding carboxylic acids is 1. The van der Waals surface area contributed by atoms with Crippen LogP contribution in [0.2, 0.25) is 5.02 Å². The summed E-state index contributed by atoms with van der Waals surface area (Å²) in [5.41, 5.74) is 6.78. The summed E-state index contributed by atoms with van der Waals surface area (Å²) in [6, 6.07) is 8.55. The maximum Gasteiger partial charge on any atom is 0.203 e. The number of rotatable bonds is 2. The molecule has 1 aromatic heterocycles. The third-order valence-electron chi connectivity index (χ3n) is 2.02. The summed E-state index contributed by atoms with van der Waals surface area (Å²) >= 11 is 10.5. The van der Waals surface area contributed by atoms with Crippen LogP contribution in [0.1, 0.15) is 15.2 Å². The maximum absolute atomic E-state index is 12.0. The van der Waals surface area contributed by atoms with E-state index in [0.29, 0.717) is 21.2 Å². The molecule has 0 bridgehead atoms. The van der Waals surface area contributed by atoms with E-state index in [0.717, 1.165) is 3.79 Å². The average Bonchev–Trinajstić information content (AvgIpc) is 2.58. The predicted molar refractivity (Wildman–Crippen MR) is 71.3 cm³/mol. The van der Waals surface area contributed by atoms with Crippen molar-refractivity contribution in [2.45, 2.75) is 0 Å². The fourth-order valence-corrected chi connectivity index (χ4v) is 2.94. The SMILES string of the molecule is Nc1cccc(C(=O)c2cc(Cl)c(Br)s2)c1. The van der Waals surface area contributed by atoms with Gasteiger partial charge in [-0.3, -0.25) is 4.79 Å². The second-order valence-corrected chi connectivity index (χ2v) is 5.96. The molecule has 0 saturated carbocycles. The van der Waals surface area contributed by atoms with Gasteiger partial charge in [-0.05, 0) is 34.1 Å². The smallest absolute Gasteiger partial charge is 0.203 e. The maximum atomic E-state index is 12.0. The van der Waals surface area contributed by atoms with Gasteiger partial charge in [-0.1, -0.05) is 23.7 Å². The van der Waals surface area contributed by atoms with Crippen LogP contribution in [0.5, 0.6) is 0 Å². The quantitative estimate of drug-likeness (QED) is 0.673. The Morgan fingerprint density at radius 2 is 2.12 bits per heavy atom. The fourth-order valence-electron chi connectivity index (χ4n) is 1.28. The van der Waals surface area contributed by atoms with Gasteiger partial charge in [0.05, 0.1) is 13.7 Å². The van der Waals surface area contributed by atoms with Crippen LogP contribution < -0.4 is 5.73 Å². The number of hydrogen-bond donors (Lipinski definition) is 1. The lowest BCUT2D eigenvalue weighted by atomic mass is 10.1. The van der Waals surface area contributed by atoms with Crippen molar-refractivity contribution in [3.8, 4) is 0 Å². The van der Waals surface area contributed by atoms with Gasteiger partial charge in [-0.25, -0.2) is 0 Å². The summed E-state index contributed by atoms with van der Waals surface area (Å²) in [7, 11) is 0. The van der Waals surface area contributed by atoms with Crippen molar-refractivity contribution in [3.63, 3.8) is 0 Å². The Bertz CT molecular complexity index is 533. The van der Waals surface area contributed by atoms with E-state index in [9.17, 15) is 4.79 Å². The number of nitrogen functional groups attached to an aromatic ring is 1. The molecule has 2 nitrogen and oxygen atoms in total. The van der Waals surface area contributed by atoms with Crippen LogP contribution in [-0.4, -0.2) is 5.78 Å². The fraction of sp³-hybridized carbons (Fsp3) is 0. The molecule has 0 fully saturated rings. The molecule has 0 aliphatic heterocycles. The van der Waals surface area contributed by atoms with Gasteiger partial charge in [0.15, 0.2) is 0 Å². The number of anilines is 1. The Labute approximate surface area is 110 Å².